The minimum absolute atomic E-state index is 0.0570. The summed E-state index contributed by atoms with van der Waals surface area (Å²) in [6.07, 6.45) is 2.30. The monoisotopic (exact) mass is 412 g/mol. The van der Waals surface area contributed by atoms with Crippen molar-refractivity contribution >= 4 is 23.4 Å². The Kier molecular flexibility index (Phi) is 7.24. The number of nitrogens with one attached hydrogen (secondary N) is 2. The van der Waals surface area contributed by atoms with E-state index < -0.39 is 0 Å². The van der Waals surface area contributed by atoms with Gasteiger partial charge in [-0.1, -0.05) is 25.1 Å². The van der Waals surface area contributed by atoms with Crippen LogP contribution in [0.25, 0.3) is 0 Å². The Morgan fingerprint density at radius 2 is 1.80 bits per heavy atom. The third-order valence-corrected chi connectivity index (χ3v) is 5.27. The van der Waals surface area contributed by atoms with Crippen LogP contribution in [0.2, 0.25) is 0 Å². The molecule has 30 heavy (non-hydrogen) atoms. The highest BCUT2D eigenvalue weighted by Crippen LogP contribution is 2.15. The Morgan fingerprint density at radius 3 is 2.47 bits per heavy atom. The second-order valence-corrected chi connectivity index (χ2v) is 7.29. The molecular weight excluding hydrogens is 384 g/mol. The summed E-state index contributed by atoms with van der Waals surface area (Å²) >= 11 is 0. The topological polar surface area (TPSA) is 94.9 Å². The van der Waals surface area contributed by atoms with Crippen molar-refractivity contribution in [2.75, 3.05) is 44.6 Å². The number of hydrogen-bond acceptors (Lipinski definition) is 5. The van der Waals surface area contributed by atoms with E-state index in [0.717, 1.165) is 17.7 Å². The lowest BCUT2D eigenvalue weighted by molar-refractivity contribution is -0.132. The van der Waals surface area contributed by atoms with Gasteiger partial charge < -0.3 is 20.0 Å². The minimum Gasteiger partial charge on any atom is -0.469 e. The van der Waals surface area contributed by atoms with Crippen molar-refractivity contribution in [3.05, 3.63) is 53.5 Å². The highest BCUT2D eigenvalue weighted by molar-refractivity contribution is 5.97. The Bertz CT molecular complexity index is 900. The summed E-state index contributed by atoms with van der Waals surface area (Å²) in [5.74, 6) is 0.00885. The van der Waals surface area contributed by atoms with E-state index in [4.69, 9.17) is 4.42 Å². The maximum absolute atomic E-state index is 12.4. The first kappa shape index (κ1) is 21.6. The zero-order valence-electron chi connectivity index (χ0n) is 17.4. The number of benzene rings is 1. The largest absolute Gasteiger partial charge is 0.469 e. The standard InChI is InChI=1S/C22H28N4O4/c1-3-17-6-4-5-7-19(17)24-20(27)15-25-9-11-26(12-10-25)21(28)14-23-22(29)18-8-13-30-16(18)2/h4-8,13H,3,9-12,14-15H2,1-2H3,(H,23,29)(H,24,27). The predicted octanol–water partition coefficient (Wildman–Crippen LogP) is 1.66. The molecule has 8 heteroatoms. The molecule has 3 rings (SSSR count). The van der Waals surface area contributed by atoms with Gasteiger partial charge in [0.15, 0.2) is 0 Å². The average Bonchev–Trinajstić information content (AvgIpc) is 3.18. The van der Waals surface area contributed by atoms with Gasteiger partial charge in [0.1, 0.15) is 5.76 Å². The lowest BCUT2D eigenvalue weighted by Gasteiger charge is -2.34. The van der Waals surface area contributed by atoms with Crippen LogP contribution in [0.3, 0.4) is 0 Å². The number of para-hydroxylation sites is 1. The van der Waals surface area contributed by atoms with Gasteiger partial charge in [-0.2, -0.15) is 0 Å². The first-order valence-electron chi connectivity index (χ1n) is 10.2. The van der Waals surface area contributed by atoms with Crippen LogP contribution >= 0.6 is 0 Å². The molecule has 2 heterocycles. The number of hydrogen-bond donors (Lipinski definition) is 2. The number of amides is 3. The van der Waals surface area contributed by atoms with E-state index in [9.17, 15) is 14.4 Å². The molecule has 8 nitrogen and oxygen atoms in total. The second-order valence-electron chi connectivity index (χ2n) is 7.29. The summed E-state index contributed by atoms with van der Waals surface area (Å²) < 4.78 is 5.11. The third kappa shape index (κ3) is 5.48. The van der Waals surface area contributed by atoms with E-state index in [0.29, 0.717) is 37.5 Å². The van der Waals surface area contributed by atoms with E-state index in [-0.39, 0.29) is 30.8 Å². The van der Waals surface area contributed by atoms with Crippen LogP contribution in [0, 0.1) is 6.92 Å². The maximum Gasteiger partial charge on any atom is 0.255 e. The quantitative estimate of drug-likeness (QED) is 0.721. The van der Waals surface area contributed by atoms with Crippen molar-refractivity contribution in [1.82, 2.24) is 15.1 Å². The molecular formula is C22H28N4O4. The van der Waals surface area contributed by atoms with E-state index in [1.54, 1.807) is 17.9 Å². The van der Waals surface area contributed by atoms with Gasteiger partial charge in [-0.15, -0.1) is 0 Å². The van der Waals surface area contributed by atoms with Gasteiger partial charge in [-0.05, 0) is 31.0 Å². The minimum atomic E-state index is -0.322. The summed E-state index contributed by atoms with van der Waals surface area (Å²) in [4.78, 5) is 40.6. The van der Waals surface area contributed by atoms with E-state index in [2.05, 4.69) is 17.6 Å². The smallest absolute Gasteiger partial charge is 0.255 e. The van der Waals surface area contributed by atoms with Gasteiger partial charge in [-0.3, -0.25) is 19.3 Å². The summed E-state index contributed by atoms with van der Waals surface area (Å²) in [6.45, 7) is 6.27. The molecule has 1 aliphatic rings. The van der Waals surface area contributed by atoms with Gasteiger partial charge >= 0.3 is 0 Å². The Labute approximate surface area is 176 Å². The van der Waals surface area contributed by atoms with Crippen LogP contribution in [0.4, 0.5) is 5.69 Å². The number of nitrogens with zero attached hydrogens (tertiary/aromatic N) is 2. The van der Waals surface area contributed by atoms with Crippen LogP contribution in [0.1, 0.15) is 28.6 Å². The normalized spacial score (nSPS) is 14.4. The molecule has 2 aromatic rings. The molecule has 0 bridgehead atoms. The molecule has 1 aromatic heterocycles. The fourth-order valence-corrected chi connectivity index (χ4v) is 3.48. The first-order chi connectivity index (χ1) is 14.5. The Hall–Kier alpha value is -3.13. The van der Waals surface area contributed by atoms with E-state index in [1.165, 1.54) is 6.26 Å². The number of furan rings is 1. The molecule has 1 fully saturated rings. The van der Waals surface area contributed by atoms with Gasteiger partial charge in [0.2, 0.25) is 11.8 Å². The van der Waals surface area contributed by atoms with Crippen LogP contribution in [-0.2, 0) is 16.0 Å². The highest BCUT2D eigenvalue weighted by Gasteiger charge is 2.23. The second kappa shape index (κ2) is 10.1. The molecule has 160 valence electrons. The Balaban J connectivity index is 1.41. The number of aryl methyl sites for hydroxylation is 2. The number of anilines is 1. The van der Waals surface area contributed by atoms with Gasteiger partial charge in [-0.25, -0.2) is 0 Å². The summed E-state index contributed by atoms with van der Waals surface area (Å²) in [7, 11) is 0. The van der Waals surface area contributed by atoms with Crippen molar-refractivity contribution in [3.8, 4) is 0 Å². The number of carbonyl (C=O) groups is 3. The molecule has 0 spiro atoms. The molecule has 1 saturated heterocycles. The van der Waals surface area contributed by atoms with Crippen molar-refractivity contribution in [3.63, 3.8) is 0 Å². The van der Waals surface area contributed by atoms with Crippen molar-refractivity contribution in [2.45, 2.75) is 20.3 Å². The molecule has 1 aromatic carbocycles. The lowest BCUT2D eigenvalue weighted by atomic mass is 10.1. The first-order valence-corrected chi connectivity index (χ1v) is 10.2. The summed E-state index contributed by atoms with van der Waals surface area (Å²) in [5, 5.41) is 5.61. The molecule has 1 aliphatic heterocycles. The molecule has 0 atom stereocenters. The van der Waals surface area contributed by atoms with Crippen LogP contribution < -0.4 is 10.6 Å². The van der Waals surface area contributed by atoms with Gasteiger partial charge in [0.25, 0.3) is 5.91 Å². The van der Waals surface area contributed by atoms with E-state index in [1.807, 2.05) is 29.2 Å². The third-order valence-electron chi connectivity index (χ3n) is 5.27. The molecule has 0 unspecified atom stereocenters. The highest BCUT2D eigenvalue weighted by atomic mass is 16.3. The SMILES string of the molecule is CCc1ccccc1NC(=O)CN1CCN(C(=O)CNC(=O)c2ccoc2C)CC1. The fraction of sp³-hybridized carbons (Fsp3) is 0.409. The zero-order chi connectivity index (χ0) is 21.5. The molecule has 2 N–H and O–H groups in total. The van der Waals surface area contributed by atoms with Crippen molar-refractivity contribution < 1.29 is 18.8 Å². The van der Waals surface area contributed by atoms with E-state index >= 15 is 0 Å². The summed E-state index contributed by atoms with van der Waals surface area (Å²) in [6, 6.07) is 9.37. The number of rotatable bonds is 7. The summed E-state index contributed by atoms with van der Waals surface area (Å²) in [5.41, 5.74) is 2.39. The Morgan fingerprint density at radius 1 is 1.07 bits per heavy atom. The molecule has 0 radical (unpaired) electrons. The van der Waals surface area contributed by atoms with Gasteiger partial charge in [0, 0.05) is 31.9 Å². The number of carbonyl (C=O) groups excluding carboxylic acids is 3. The molecule has 0 saturated carbocycles. The molecule has 3 amide bonds. The lowest BCUT2D eigenvalue weighted by Crippen LogP contribution is -2.52. The maximum atomic E-state index is 12.4. The fourth-order valence-electron chi connectivity index (χ4n) is 3.48. The zero-order valence-corrected chi connectivity index (χ0v) is 17.4. The van der Waals surface area contributed by atoms with Gasteiger partial charge in [0.05, 0.1) is 24.9 Å². The number of piperazine rings is 1. The van der Waals surface area contributed by atoms with Crippen molar-refractivity contribution in [2.24, 2.45) is 0 Å². The average molecular weight is 412 g/mol. The van der Waals surface area contributed by atoms with Crippen LogP contribution in [0.15, 0.2) is 41.0 Å². The predicted molar refractivity (Wildman–Crippen MR) is 113 cm³/mol. The molecule has 0 aliphatic carbocycles. The van der Waals surface area contributed by atoms with Crippen LogP contribution in [-0.4, -0.2) is 66.8 Å². The van der Waals surface area contributed by atoms with Crippen molar-refractivity contribution in [1.29, 1.82) is 0 Å². The van der Waals surface area contributed by atoms with Crippen LogP contribution in [0.5, 0.6) is 0 Å².